The molecular weight excluding hydrogens is 468 g/mol. The fourth-order valence-electron chi connectivity index (χ4n) is 4.70. The molecule has 0 bridgehead atoms. The molecule has 1 fully saturated rings. The first-order valence-corrected chi connectivity index (χ1v) is 14.0. The van der Waals surface area contributed by atoms with Crippen LogP contribution in [0.4, 0.5) is 0 Å². The Morgan fingerprint density at radius 3 is 2.41 bits per heavy atom. The van der Waals surface area contributed by atoms with Crippen molar-refractivity contribution in [3.8, 4) is 0 Å². The Morgan fingerprint density at radius 1 is 1.08 bits per heavy atom. The Labute approximate surface area is 223 Å². The van der Waals surface area contributed by atoms with E-state index >= 15 is 0 Å². The summed E-state index contributed by atoms with van der Waals surface area (Å²) in [5.74, 6) is -1.25. The molecule has 1 unspecified atom stereocenters. The number of rotatable bonds is 14. The maximum Gasteiger partial charge on any atom is 0.307 e. The van der Waals surface area contributed by atoms with Gasteiger partial charge in [0.05, 0.1) is 25.7 Å². The molecule has 0 radical (unpaired) electrons. The molecule has 1 aliphatic rings. The molecule has 1 N–H and O–H groups in total. The van der Waals surface area contributed by atoms with Crippen molar-refractivity contribution in [2.45, 2.75) is 117 Å². The number of unbranched alkanes of at least 4 members (excludes halogenated alkanes) is 2. The largest absolute Gasteiger partial charge is 0.460 e. The first-order chi connectivity index (χ1) is 17.5. The van der Waals surface area contributed by atoms with Crippen molar-refractivity contribution in [2.75, 3.05) is 13.2 Å². The van der Waals surface area contributed by atoms with E-state index in [0.29, 0.717) is 32.6 Å². The molecule has 2 amide bonds. The molecule has 1 aliphatic heterocycles. The van der Waals surface area contributed by atoms with E-state index < -0.39 is 17.1 Å². The first-order valence-electron chi connectivity index (χ1n) is 14.0. The van der Waals surface area contributed by atoms with Gasteiger partial charge in [0, 0.05) is 12.5 Å². The van der Waals surface area contributed by atoms with E-state index in [9.17, 15) is 14.4 Å². The Morgan fingerprint density at radius 2 is 1.78 bits per heavy atom. The number of amides is 2. The Hall–Kier alpha value is -2.41. The lowest BCUT2D eigenvalue weighted by Crippen LogP contribution is -2.59. The number of ether oxygens (including phenoxy) is 2. The molecule has 2 rings (SSSR count). The summed E-state index contributed by atoms with van der Waals surface area (Å²) in [6.07, 6.45) is 5.72. The lowest BCUT2D eigenvalue weighted by molar-refractivity contribution is -0.157. The fraction of sp³-hybridized carbons (Fsp3) is 0.700. The second-order valence-electron chi connectivity index (χ2n) is 11.5. The minimum atomic E-state index is -1.05. The van der Waals surface area contributed by atoms with Gasteiger partial charge in [0.25, 0.3) is 0 Å². The van der Waals surface area contributed by atoms with Crippen LogP contribution in [0.25, 0.3) is 0 Å². The topological polar surface area (TPSA) is 84.9 Å². The predicted octanol–water partition coefficient (Wildman–Crippen LogP) is 5.41. The molecule has 0 saturated carbocycles. The molecule has 1 saturated heterocycles. The van der Waals surface area contributed by atoms with Crippen LogP contribution in [0.5, 0.6) is 0 Å². The molecule has 1 heterocycles. The third kappa shape index (κ3) is 10.1. The summed E-state index contributed by atoms with van der Waals surface area (Å²) in [5, 5.41) is 3.04. The van der Waals surface area contributed by atoms with Gasteiger partial charge >= 0.3 is 5.97 Å². The van der Waals surface area contributed by atoms with Crippen molar-refractivity contribution in [1.82, 2.24) is 10.2 Å². The summed E-state index contributed by atoms with van der Waals surface area (Å²) in [6, 6.07) is 9.98. The van der Waals surface area contributed by atoms with Gasteiger partial charge < -0.3 is 19.7 Å². The molecule has 1 aromatic rings. The van der Waals surface area contributed by atoms with Crippen LogP contribution in [0, 0.1) is 5.92 Å². The number of likely N-dealkylation sites (tertiary alicyclic amines) is 1. The number of hydrogen-bond donors (Lipinski definition) is 1. The van der Waals surface area contributed by atoms with Crippen LogP contribution in [0.2, 0.25) is 0 Å². The molecule has 37 heavy (non-hydrogen) atoms. The smallest absolute Gasteiger partial charge is 0.307 e. The van der Waals surface area contributed by atoms with Crippen LogP contribution in [0.3, 0.4) is 0 Å². The highest BCUT2D eigenvalue weighted by Crippen LogP contribution is 2.25. The number of benzene rings is 1. The van der Waals surface area contributed by atoms with Gasteiger partial charge in [0.1, 0.15) is 11.1 Å². The van der Waals surface area contributed by atoms with E-state index in [1.54, 1.807) is 6.92 Å². The van der Waals surface area contributed by atoms with Gasteiger partial charge in [-0.25, -0.2) is 0 Å². The van der Waals surface area contributed by atoms with E-state index in [1.807, 2.05) is 62.9 Å². The summed E-state index contributed by atoms with van der Waals surface area (Å²) in [6.45, 7) is 12.9. The number of carbonyl (C=O) groups is 3. The van der Waals surface area contributed by atoms with Crippen LogP contribution in [-0.4, -0.2) is 53.0 Å². The standard InChI is InChI=1S/C30H48N2O5/c1-7-9-11-17-24(20-26(33)37-29(3,4)5)27(34)31-30(6,8-2)28(35)32-19-14-18-25(32)22-36-21-23-15-12-10-13-16-23/h10,12-13,15-16,24-25H,7-9,11,14,17-22H2,1-6H3,(H,31,34)/t24?,25-,30-/m0/s1. The molecule has 0 spiro atoms. The zero-order valence-corrected chi connectivity index (χ0v) is 23.8. The maximum atomic E-state index is 13.7. The van der Waals surface area contributed by atoms with Crippen LogP contribution < -0.4 is 5.32 Å². The zero-order chi connectivity index (χ0) is 27.5. The number of esters is 1. The summed E-state index contributed by atoms with van der Waals surface area (Å²) >= 11 is 0. The average Bonchev–Trinajstić information content (AvgIpc) is 3.30. The van der Waals surface area contributed by atoms with Crippen LogP contribution in [0.15, 0.2) is 30.3 Å². The van der Waals surface area contributed by atoms with Gasteiger partial charge in [-0.05, 0) is 58.9 Å². The normalized spacial score (nSPS) is 18.2. The molecule has 1 aromatic carbocycles. The molecular formula is C30H48N2O5. The van der Waals surface area contributed by atoms with Crippen molar-refractivity contribution in [3.63, 3.8) is 0 Å². The van der Waals surface area contributed by atoms with Crippen molar-refractivity contribution >= 4 is 17.8 Å². The van der Waals surface area contributed by atoms with Gasteiger partial charge in [0.15, 0.2) is 0 Å². The third-order valence-corrected chi connectivity index (χ3v) is 7.00. The number of carbonyl (C=O) groups excluding carboxylic acids is 3. The number of nitrogens with zero attached hydrogens (tertiary/aromatic N) is 1. The van der Waals surface area contributed by atoms with E-state index in [2.05, 4.69) is 12.2 Å². The maximum absolute atomic E-state index is 13.7. The average molecular weight is 517 g/mol. The van der Waals surface area contributed by atoms with Gasteiger partial charge in [-0.3, -0.25) is 14.4 Å². The minimum Gasteiger partial charge on any atom is -0.460 e. The van der Waals surface area contributed by atoms with Gasteiger partial charge in [0.2, 0.25) is 11.8 Å². The SMILES string of the molecule is CCCCCC(CC(=O)OC(C)(C)C)C(=O)N[C@@](C)(CC)C(=O)N1CCC[C@H]1COCc1ccccc1. The monoisotopic (exact) mass is 516 g/mol. The van der Waals surface area contributed by atoms with E-state index in [0.717, 1.165) is 37.7 Å². The molecule has 3 atom stereocenters. The molecule has 7 heteroatoms. The lowest BCUT2D eigenvalue weighted by Gasteiger charge is -2.36. The van der Waals surface area contributed by atoms with Crippen molar-refractivity contribution in [2.24, 2.45) is 5.92 Å². The molecule has 208 valence electrons. The fourth-order valence-corrected chi connectivity index (χ4v) is 4.70. The predicted molar refractivity (Wildman–Crippen MR) is 146 cm³/mol. The molecule has 0 aromatic heterocycles. The molecule has 0 aliphatic carbocycles. The Balaban J connectivity index is 2.04. The zero-order valence-electron chi connectivity index (χ0n) is 23.8. The lowest BCUT2D eigenvalue weighted by atomic mass is 9.92. The summed E-state index contributed by atoms with van der Waals surface area (Å²) in [4.78, 5) is 41.6. The van der Waals surface area contributed by atoms with Crippen LogP contribution in [0.1, 0.15) is 98.5 Å². The van der Waals surface area contributed by atoms with E-state index in [-0.39, 0.29) is 30.2 Å². The van der Waals surface area contributed by atoms with Gasteiger partial charge in [-0.15, -0.1) is 0 Å². The number of hydrogen-bond acceptors (Lipinski definition) is 5. The minimum absolute atomic E-state index is 0.0129. The van der Waals surface area contributed by atoms with E-state index in [1.165, 1.54) is 0 Å². The van der Waals surface area contributed by atoms with Crippen LogP contribution in [-0.2, 0) is 30.5 Å². The highest BCUT2D eigenvalue weighted by molar-refractivity contribution is 5.93. The summed E-state index contributed by atoms with van der Waals surface area (Å²) in [5.41, 5.74) is -0.554. The van der Waals surface area contributed by atoms with Gasteiger partial charge in [-0.2, -0.15) is 0 Å². The van der Waals surface area contributed by atoms with Crippen molar-refractivity contribution < 1.29 is 23.9 Å². The Bertz CT molecular complexity index is 866. The van der Waals surface area contributed by atoms with Gasteiger partial charge in [-0.1, -0.05) is 63.4 Å². The second kappa shape index (κ2) is 14.5. The molecule has 7 nitrogen and oxygen atoms in total. The highest BCUT2D eigenvalue weighted by atomic mass is 16.6. The quantitative estimate of drug-likeness (QED) is 0.264. The third-order valence-electron chi connectivity index (χ3n) is 7.00. The second-order valence-corrected chi connectivity index (χ2v) is 11.5. The van der Waals surface area contributed by atoms with Crippen molar-refractivity contribution in [1.29, 1.82) is 0 Å². The van der Waals surface area contributed by atoms with E-state index in [4.69, 9.17) is 9.47 Å². The summed E-state index contributed by atoms with van der Waals surface area (Å²) < 4.78 is 11.4. The first kappa shape index (κ1) is 30.8. The number of nitrogens with one attached hydrogen (secondary N) is 1. The highest BCUT2D eigenvalue weighted by Gasteiger charge is 2.42. The van der Waals surface area contributed by atoms with Crippen LogP contribution >= 0.6 is 0 Å². The van der Waals surface area contributed by atoms with Crippen molar-refractivity contribution in [3.05, 3.63) is 35.9 Å². The summed E-state index contributed by atoms with van der Waals surface area (Å²) in [7, 11) is 0. The Kier molecular flexibility index (Phi) is 12.1.